The summed E-state index contributed by atoms with van der Waals surface area (Å²) in [6.45, 7) is 2.00. The average Bonchev–Trinajstić information content (AvgIpc) is 3.08. The maximum atomic E-state index is 12.6. The van der Waals surface area contributed by atoms with E-state index in [2.05, 4.69) is 23.6 Å². The van der Waals surface area contributed by atoms with Crippen LogP contribution in [0.1, 0.15) is 16.9 Å². The SMILES string of the molecule is O=C(CCc1cccs1)N1CCOCC1Cc1ccccc1. The monoisotopic (exact) mass is 315 g/mol. The molecular formula is C18H21NO2S. The fourth-order valence-corrected chi connectivity index (χ4v) is 3.58. The molecule has 1 aromatic carbocycles. The molecule has 1 fully saturated rings. The van der Waals surface area contributed by atoms with Crippen LogP contribution in [0.15, 0.2) is 47.8 Å². The van der Waals surface area contributed by atoms with Gasteiger partial charge in [-0.25, -0.2) is 0 Å². The van der Waals surface area contributed by atoms with Crippen LogP contribution in [0.4, 0.5) is 0 Å². The van der Waals surface area contributed by atoms with Gasteiger partial charge in [-0.2, -0.15) is 0 Å². The molecule has 0 N–H and O–H groups in total. The fourth-order valence-electron chi connectivity index (χ4n) is 2.87. The molecule has 0 radical (unpaired) electrons. The standard InChI is InChI=1S/C18H21NO2S/c20-18(9-8-17-7-4-12-22-17)19-10-11-21-14-16(19)13-15-5-2-1-3-6-15/h1-7,12,16H,8-11,13-14H2. The van der Waals surface area contributed by atoms with Crippen molar-refractivity contribution in [3.05, 3.63) is 58.3 Å². The smallest absolute Gasteiger partial charge is 0.223 e. The van der Waals surface area contributed by atoms with Crippen molar-refractivity contribution in [2.24, 2.45) is 0 Å². The van der Waals surface area contributed by atoms with Gasteiger partial charge in [-0.3, -0.25) is 4.79 Å². The highest BCUT2D eigenvalue weighted by Gasteiger charge is 2.27. The maximum absolute atomic E-state index is 12.6. The van der Waals surface area contributed by atoms with E-state index in [0.29, 0.717) is 26.2 Å². The lowest BCUT2D eigenvalue weighted by Crippen LogP contribution is -2.49. The number of thiophene rings is 1. The number of aryl methyl sites for hydroxylation is 1. The number of ether oxygens (including phenoxy) is 1. The number of rotatable bonds is 5. The molecule has 2 aromatic rings. The third kappa shape index (κ3) is 3.96. The number of hydrogen-bond acceptors (Lipinski definition) is 3. The number of benzene rings is 1. The van der Waals surface area contributed by atoms with Gasteiger partial charge in [0, 0.05) is 17.8 Å². The van der Waals surface area contributed by atoms with Crippen LogP contribution >= 0.6 is 11.3 Å². The minimum absolute atomic E-state index is 0.159. The van der Waals surface area contributed by atoms with Crippen molar-refractivity contribution in [3.8, 4) is 0 Å². The van der Waals surface area contributed by atoms with Gasteiger partial charge < -0.3 is 9.64 Å². The molecule has 3 nitrogen and oxygen atoms in total. The molecule has 3 rings (SSSR count). The molecule has 116 valence electrons. The Kier molecular flexibility index (Phi) is 5.24. The number of hydrogen-bond donors (Lipinski definition) is 0. The average molecular weight is 315 g/mol. The zero-order valence-electron chi connectivity index (χ0n) is 12.6. The Hall–Kier alpha value is -1.65. The van der Waals surface area contributed by atoms with E-state index in [9.17, 15) is 4.79 Å². The molecule has 0 aliphatic carbocycles. The number of morpholine rings is 1. The van der Waals surface area contributed by atoms with E-state index < -0.39 is 0 Å². The lowest BCUT2D eigenvalue weighted by atomic mass is 10.0. The van der Waals surface area contributed by atoms with Crippen LogP contribution in [-0.4, -0.2) is 36.6 Å². The summed E-state index contributed by atoms with van der Waals surface area (Å²) in [5.41, 5.74) is 1.26. The van der Waals surface area contributed by atoms with E-state index in [4.69, 9.17) is 4.74 Å². The van der Waals surface area contributed by atoms with Gasteiger partial charge in [0.2, 0.25) is 5.91 Å². The second kappa shape index (κ2) is 7.56. The molecule has 1 aliphatic rings. The number of carbonyl (C=O) groups excluding carboxylic acids is 1. The van der Waals surface area contributed by atoms with Crippen molar-refractivity contribution in [1.82, 2.24) is 4.90 Å². The highest BCUT2D eigenvalue weighted by atomic mass is 32.1. The van der Waals surface area contributed by atoms with Crippen LogP contribution in [0.3, 0.4) is 0 Å². The molecule has 0 spiro atoms. The van der Waals surface area contributed by atoms with Gasteiger partial charge >= 0.3 is 0 Å². The predicted molar refractivity (Wildman–Crippen MR) is 89.1 cm³/mol. The van der Waals surface area contributed by atoms with Crippen LogP contribution in [0, 0.1) is 0 Å². The fraction of sp³-hybridized carbons (Fsp3) is 0.389. The molecule has 0 bridgehead atoms. The summed E-state index contributed by atoms with van der Waals surface area (Å²) in [5, 5.41) is 2.06. The quantitative estimate of drug-likeness (QED) is 0.848. The first-order valence-corrected chi connectivity index (χ1v) is 8.64. The molecule has 1 amide bonds. The Morgan fingerprint density at radius 1 is 1.23 bits per heavy atom. The summed E-state index contributed by atoms with van der Waals surface area (Å²) in [6.07, 6.45) is 2.29. The molecule has 4 heteroatoms. The van der Waals surface area contributed by atoms with Crippen molar-refractivity contribution in [3.63, 3.8) is 0 Å². The van der Waals surface area contributed by atoms with Gasteiger partial charge in [0.25, 0.3) is 0 Å². The summed E-state index contributed by atoms with van der Waals surface area (Å²) in [6, 6.07) is 14.6. The topological polar surface area (TPSA) is 29.5 Å². The first kappa shape index (κ1) is 15.3. The van der Waals surface area contributed by atoms with E-state index >= 15 is 0 Å². The summed E-state index contributed by atoms with van der Waals surface area (Å²) in [4.78, 5) is 15.9. The number of nitrogens with zero attached hydrogens (tertiary/aromatic N) is 1. The van der Waals surface area contributed by atoms with E-state index in [-0.39, 0.29) is 11.9 Å². The Balaban J connectivity index is 1.60. The molecule has 22 heavy (non-hydrogen) atoms. The number of carbonyl (C=O) groups is 1. The van der Waals surface area contributed by atoms with Crippen LogP contribution in [0.2, 0.25) is 0 Å². The van der Waals surface area contributed by atoms with Gasteiger partial charge in [0.1, 0.15) is 0 Å². The molecule has 0 saturated carbocycles. The Morgan fingerprint density at radius 2 is 2.09 bits per heavy atom. The van der Waals surface area contributed by atoms with Gasteiger partial charge in [-0.15, -0.1) is 11.3 Å². The molecule has 1 unspecified atom stereocenters. The molecule has 1 aromatic heterocycles. The third-order valence-corrected chi connectivity index (χ3v) is 4.96. The van der Waals surface area contributed by atoms with Gasteiger partial charge in [-0.05, 0) is 29.9 Å². The van der Waals surface area contributed by atoms with E-state index in [1.54, 1.807) is 11.3 Å². The Morgan fingerprint density at radius 3 is 2.86 bits per heavy atom. The molecule has 2 heterocycles. The van der Waals surface area contributed by atoms with Crippen molar-refractivity contribution < 1.29 is 9.53 Å². The summed E-state index contributed by atoms with van der Waals surface area (Å²) < 4.78 is 5.59. The molecular weight excluding hydrogens is 294 g/mol. The zero-order valence-corrected chi connectivity index (χ0v) is 13.4. The Labute approximate surface area is 135 Å². The van der Waals surface area contributed by atoms with Crippen LogP contribution in [0.5, 0.6) is 0 Å². The first-order chi connectivity index (χ1) is 10.8. The third-order valence-electron chi connectivity index (χ3n) is 4.03. The highest BCUT2D eigenvalue weighted by Crippen LogP contribution is 2.17. The largest absolute Gasteiger partial charge is 0.377 e. The first-order valence-electron chi connectivity index (χ1n) is 7.76. The minimum Gasteiger partial charge on any atom is -0.377 e. The Bertz CT molecular complexity index is 582. The molecule has 1 atom stereocenters. The number of amides is 1. The summed E-state index contributed by atoms with van der Waals surface area (Å²) >= 11 is 1.72. The lowest BCUT2D eigenvalue weighted by Gasteiger charge is -2.36. The van der Waals surface area contributed by atoms with Crippen LogP contribution in [-0.2, 0) is 22.4 Å². The van der Waals surface area contributed by atoms with Crippen LogP contribution < -0.4 is 0 Å². The second-order valence-electron chi connectivity index (χ2n) is 5.58. The predicted octanol–water partition coefficient (Wildman–Crippen LogP) is 3.15. The summed E-state index contributed by atoms with van der Waals surface area (Å²) in [5.74, 6) is 0.248. The van der Waals surface area contributed by atoms with Crippen molar-refractivity contribution in [1.29, 1.82) is 0 Å². The summed E-state index contributed by atoms with van der Waals surface area (Å²) in [7, 11) is 0. The highest BCUT2D eigenvalue weighted by molar-refractivity contribution is 7.09. The molecule has 1 saturated heterocycles. The zero-order chi connectivity index (χ0) is 15.2. The van der Waals surface area contributed by atoms with Gasteiger partial charge in [0.15, 0.2) is 0 Å². The van der Waals surface area contributed by atoms with Crippen molar-refractivity contribution >= 4 is 17.2 Å². The van der Waals surface area contributed by atoms with E-state index in [1.807, 2.05) is 29.2 Å². The van der Waals surface area contributed by atoms with Crippen LogP contribution in [0.25, 0.3) is 0 Å². The van der Waals surface area contributed by atoms with Gasteiger partial charge in [-0.1, -0.05) is 36.4 Å². The molecule has 1 aliphatic heterocycles. The normalized spacial score (nSPS) is 18.4. The second-order valence-corrected chi connectivity index (χ2v) is 6.62. The van der Waals surface area contributed by atoms with E-state index in [0.717, 1.165) is 12.8 Å². The van der Waals surface area contributed by atoms with Crippen molar-refractivity contribution in [2.75, 3.05) is 19.8 Å². The van der Waals surface area contributed by atoms with Crippen molar-refractivity contribution in [2.45, 2.75) is 25.3 Å². The maximum Gasteiger partial charge on any atom is 0.223 e. The van der Waals surface area contributed by atoms with Gasteiger partial charge in [0.05, 0.1) is 19.3 Å². The minimum atomic E-state index is 0.159. The van der Waals surface area contributed by atoms with E-state index in [1.165, 1.54) is 10.4 Å². The lowest BCUT2D eigenvalue weighted by molar-refractivity contribution is -0.139.